The fourth-order valence-corrected chi connectivity index (χ4v) is 3.88. The first-order valence-electron chi connectivity index (χ1n) is 7.50. The zero-order valence-corrected chi connectivity index (χ0v) is 12.7. The third kappa shape index (κ3) is 2.60. The maximum absolute atomic E-state index is 6.16. The van der Waals surface area contributed by atoms with Gasteiger partial charge in [-0.15, -0.1) is 0 Å². The number of hydrogen-bond donors (Lipinski definition) is 2. The lowest BCUT2D eigenvalue weighted by molar-refractivity contribution is -0.147. The van der Waals surface area contributed by atoms with Crippen molar-refractivity contribution in [3.63, 3.8) is 0 Å². The van der Waals surface area contributed by atoms with E-state index in [2.05, 4.69) is 18.4 Å². The molecule has 3 nitrogen and oxygen atoms in total. The lowest BCUT2D eigenvalue weighted by atomic mass is 9.69. The molecular formula is C16H23ClN2O. The van der Waals surface area contributed by atoms with Crippen LogP contribution < -0.4 is 11.3 Å². The number of hydrazine groups is 1. The summed E-state index contributed by atoms with van der Waals surface area (Å²) in [5, 5.41) is 0.774. The molecule has 20 heavy (non-hydrogen) atoms. The number of ether oxygens (including phenoxy) is 1. The predicted octanol–water partition coefficient (Wildman–Crippen LogP) is 3.50. The van der Waals surface area contributed by atoms with E-state index in [-0.39, 0.29) is 11.6 Å². The second kappa shape index (κ2) is 5.64. The predicted molar refractivity (Wildman–Crippen MR) is 81.5 cm³/mol. The minimum atomic E-state index is 0.143. The Morgan fingerprint density at radius 3 is 2.90 bits per heavy atom. The lowest BCUT2D eigenvalue weighted by Gasteiger charge is -2.48. The number of nitrogens with one attached hydrogen (secondary N) is 1. The van der Waals surface area contributed by atoms with Crippen molar-refractivity contribution in [3.8, 4) is 0 Å². The van der Waals surface area contributed by atoms with Crippen molar-refractivity contribution in [3.05, 3.63) is 34.3 Å². The van der Waals surface area contributed by atoms with Crippen LogP contribution in [0.5, 0.6) is 0 Å². The van der Waals surface area contributed by atoms with Crippen LogP contribution in [-0.2, 0) is 4.74 Å². The highest BCUT2D eigenvalue weighted by molar-refractivity contribution is 6.30. The molecule has 2 aliphatic rings. The lowest BCUT2D eigenvalue weighted by Crippen LogP contribution is -2.48. The highest BCUT2D eigenvalue weighted by Gasteiger charge is 2.44. The van der Waals surface area contributed by atoms with Crippen molar-refractivity contribution in [1.82, 2.24) is 5.43 Å². The molecule has 2 atom stereocenters. The number of nitrogens with two attached hydrogens (primary N) is 1. The fraction of sp³-hybridized carbons (Fsp3) is 0.625. The van der Waals surface area contributed by atoms with E-state index in [1.54, 1.807) is 0 Å². The molecule has 0 amide bonds. The Balaban J connectivity index is 1.83. The molecule has 0 aromatic heterocycles. The zero-order chi connectivity index (χ0) is 14.2. The number of rotatable bonds is 3. The van der Waals surface area contributed by atoms with Crippen molar-refractivity contribution < 1.29 is 4.74 Å². The van der Waals surface area contributed by atoms with E-state index in [4.69, 9.17) is 22.2 Å². The minimum Gasteiger partial charge on any atom is -0.375 e. The van der Waals surface area contributed by atoms with E-state index >= 15 is 0 Å². The summed E-state index contributed by atoms with van der Waals surface area (Å²) in [5.41, 5.74) is 5.64. The minimum absolute atomic E-state index is 0.143. The van der Waals surface area contributed by atoms with Gasteiger partial charge in [0.05, 0.1) is 5.60 Å². The Morgan fingerprint density at radius 2 is 2.25 bits per heavy atom. The standard InChI is InChI=1S/C16H23ClN2O/c1-11-3-4-13(17)9-14(11)15(19-18)12-5-8-20-16(10-12)6-2-7-16/h3-4,9,12,15,19H,2,5-8,10,18H2,1H3. The highest BCUT2D eigenvalue weighted by atomic mass is 35.5. The Morgan fingerprint density at radius 1 is 1.45 bits per heavy atom. The molecule has 3 N–H and O–H groups in total. The Kier molecular flexibility index (Phi) is 4.04. The molecule has 3 rings (SSSR count). The molecular weight excluding hydrogens is 272 g/mol. The van der Waals surface area contributed by atoms with Gasteiger partial charge < -0.3 is 4.74 Å². The smallest absolute Gasteiger partial charge is 0.0686 e. The van der Waals surface area contributed by atoms with Gasteiger partial charge in [-0.25, -0.2) is 0 Å². The summed E-state index contributed by atoms with van der Waals surface area (Å²) in [6, 6.07) is 6.21. The first kappa shape index (κ1) is 14.3. The van der Waals surface area contributed by atoms with Gasteiger partial charge in [0.2, 0.25) is 0 Å². The molecule has 1 saturated carbocycles. The van der Waals surface area contributed by atoms with Gasteiger partial charge in [0.15, 0.2) is 0 Å². The molecule has 1 spiro atoms. The van der Waals surface area contributed by atoms with E-state index in [1.165, 1.54) is 30.4 Å². The molecule has 0 bridgehead atoms. The molecule has 1 saturated heterocycles. The van der Waals surface area contributed by atoms with Crippen molar-refractivity contribution >= 4 is 11.6 Å². The first-order chi connectivity index (χ1) is 9.63. The molecule has 1 aliphatic heterocycles. The topological polar surface area (TPSA) is 47.3 Å². The zero-order valence-electron chi connectivity index (χ0n) is 12.0. The van der Waals surface area contributed by atoms with Crippen LogP contribution in [0.15, 0.2) is 18.2 Å². The molecule has 0 radical (unpaired) electrons. The van der Waals surface area contributed by atoms with Gasteiger partial charge in [0, 0.05) is 17.7 Å². The molecule has 4 heteroatoms. The number of hydrogen-bond acceptors (Lipinski definition) is 3. The quantitative estimate of drug-likeness (QED) is 0.662. The summed E-state index contributed by atoms with van der Waals surface area (Å²) in [5.74, 6) is 6.39. The average Bonchev–Trinajstić information content (AvgIpc) is 2.42. The molecule has 2 unspecified atom stereocenters. The van der Waals surface area contributed by atoms with Crippen LogP contribution in [0.25, 0.3) is 0 Å². The second-order valence-corrected chi connectivity index (χ2v) is 6.72. The Labute approximate surface area is 125 Å². The summed E-state index contributed by atoms with van der Waals surface area (Å²) < 4.78 is 6.02. The normalized spacial score (nSPS) is 26.2. The van der Waals surface area contributed by atoms with E-state index in [9.17, 15) is 0 Å². The van der Waals surface area contributed by atoms with Crippen molar-refractivity contribution in [2.75, 3.05) is 6.61 Å². The number of benzene rings is 1. The van der Waals surface area contributed by atoms with E-state index in [0.29, 0.717) is 5.92 Å². The second-order valence-electron chi connectivity index (χ2n) is 6.28. The first-order valence-corrected chi connectivity index (χ1v) is 7.87. The molecule has 1 aromatic rings. The maximum atomic E-state index is 6.16. The van der Waals surface area contributed by atoms with Crippen LogP contribution >= 0.6 is 11.6 Å². The van der Waals surface area contributed by atoms with Crippen molar-refractivity contribution in [1.29, 1.82) is 0 Å². The van der Waals surface area contributed by atoms with Gasteiger partial charge in [0.1, 0.15) is 0 Å². The van der Waals surface area contributed by atoms with Gasteiger partial charge in [-0.2, -0.15) is 0 Å². The van der Waals surface area contributed by atoms with Crippen LogP contribution in [0.4, 0.5) is 0 Å². The van der Waals surface area contributed by atoms with E-state index in [1.807, 2.05) is 12.1 Å². The molecule has 1 aromatic carbocycles. The van der Waals surface area contributed by atoms with E-state index < -0.39 is 0 Å². The SMILES string of the molecule is Cc1ccc(Cl)cc1C(NN)C1CCOC2(CCC2)C1. The van der Waals surface area contributed by atoms with Crippen LogP contribution in [0.2, 0.25) is 5.02 Å². The van der Waals surface area contributed by atoms with Crippen molar-refractivity contribution in [2.45, 2.75) is 50.7 Å². The number of aryl methyl sites for hydroxylation is 1. The highest BCUT2D eigenvalue weighted by Crippen LogP contribution is 2.47. The average molecular weight is 295 g/mol. The fourth-order valence-electron chi connectivity index (χ4n) is 3.70. The molecule has 2 fully saturated rings. The summed E-state index contributed by atoms with van der Waals surface area (Å²) >= 11 is 6.16. The van der Waals surface area contributed by atoms with Gasteiger partial charge >= 0.3 is 0 Å². The molecule has 110 valence electrons. The van der Waals surface area contributed by atoms with Gasteiger partial charge in [-0.3, -0.25) is 11.3 Å². The largest absolute Gasteiger partial charge is 0.375 e. The molecule has 1 heterocycles. The van der Waals surface area contributed by atoms with Crippen LogP contribution in [0, 0.1) is 12.8 Å². The summed E-state index contributed by atoms with van der Waals surface area (Å²) in [6.45, 7) is 2.97. The Hall–Kier alpha value is -0.610. The Bertz CT molecular complexity index is 487. The van der Waals surface area contributed by atoms with E-state index in [0.717, 1.165) is 24.5 Å². The van der Waals surface area contributed by atoms with Crippen LogP contribution in [0.1, 0.15) is 49.3 Å². The van der Waals surface area contributed by atoms with Crippen LogP contribution in [-0.4, -0.2) is 12.2 Å². The summed E-state index contributed by atoms with van der Waals surface area (Å²) in [4.78, 5) is 0. The number of halogens is 1. The maximum Gasteiger partial charge on any atom is 0.0686 e. The third-order valence-electron chi connectivity index (χ3n) is 5.02. The van der Waals surface area contributed by atoms with Crippen LogP contribution in [0.3, 0.4) is 0 Å². The van der Waals surface area contributed by atoms with Gasteiger partial charge in [-0.05, 0) is 68.2 Å². The van der Waals surface area contributed by atoms with Gasteiger partial charge in [-0.1, -0.05) is 17.7 Å². The summed E-state index contributed by atoms with van der Waals surface area (Å²) in [6.07, 6.45) is 5.87. The molecule has 1 aliphatic carbocycles. The van der Waals surface area contributed by atoms with Gasteiger partial charge in [0.25, 0.3) is 0 Å². The third-order valence-corrected chi connectivity index (χ3v) is 5.26. The summed E-state index contributed by atoms with van der Waals surface area (Å²) in [7, 11) is 0. The van der Waals surface area contributed by atoms with Crippen molar-refractivity contribution in [2.24, 2.45) is 11.8 Å². The monoisotopic (exact) mass is 294 g/mol.